The van der Waals surface area contributed by atoms with E-state index in [-0.39, 0.29) is 0 Å². The van der Waals surface area contributed by atoms with Gasteiger partial charge in [-0.3, -0.25) is 0 Å². The van der Waals surface area contributed by atoms with Gasteiger partial charge in [0.15, 0.2) is 5.82 Å². The van der Waals surface area contributed by atoms with Crippen LogP contribution in [0.2, 0.25) is 0 Å². The summed E-state index contributed by atoms with van der Waals surface area (Å²) in [6.07, 6.45) is 0. The molecule has 0 aliphatic heterocycles. The fraction of sp³-hybridized carbons (Fsp3) is 0. The number of rotatable bonds is 6. The first kappa shape index (κ1) is 36.6. The van der Waals surface area contributed by atoms with E-state index in [1.807, 2.05) is 24.3 Å². The summed E-state index contributed by atoms with van der Waals surface area (Å²) in [5, 5.41) is 12.1. The third-order valence-corrected chi connectivity index (χ3v) is 13.5. The Kier molecular flexibility index (Phi) is 7.95. The molecule has 0 aliphatic carbocycles. The Morgan fingerprint density at radius 2 is 0.864 bits per heavy atom. The Hall–Kier alpha value is -8.86. The molecule has 306 valence electrons. The topological polar surface area (TPSA) is 43.9 Å². The molecule has 4 nitrogen and oxygen atoms in total. The predicted octanol–water partition coefficient (Wildman–Crippen LogP) is 16.7. The van der Waals surface area contributed by atoms with E-state index in [1.54, 1.807) is 0 Å². The summed E-state index contributed by atoms with van der Waals surface area (Å²) in [6, 6.07) is 80.1. The average molecular weight is 840 g/mol. The molecule has 3 aromatic heterocycles. The van der Waals surface area contributed by atoms with Crippen molar-refractivity contribution in [2.45, 2.75) is 0 Å². The van der Waals surface area contributed by atoms with Crippen LogP contribution in [0.3, 0.4) is 0 Å². The molecule has 4 heteroatoms. The summed E-state index contributed by atoms with van der Waals surface area (Å²) in [5.41, 5.74) is 13.8. The van der Waals surface area contributed by atoms with Crippen molar-refractivity contribution in [3.8, 4) is 61.8 Å². The van der Waals surface area contributed by atoms with Gasteiger partial charge in [-0.25, -0.2) is 9.97 Å². The Bertz CT molecular complexity index is 4030. The number of furan rings is 1. The molecule has 14 rings (SSSR count). The second-order valence-electron chi connectivity index (χ2n) is 17.2. The molecule has 3 heterocycles. The number of hydrogen-bond donors (Lipinski definition) is 0. The number of nitrogens with zero attached hydrogens (tertiary/aromatic N) is 3. The van der Waals surface area contributed by atoms with E-state index in [0.717, 1.165) is 89.0 Å². The fourth-order valence-corrected chi connectivity index (χ4v) is 10.5. The van der Waals surface area contributed by atoms with Gasteiger partial charge in [0.2, 0.25) is 0 Å². The van der Waals surface area contributed by atoms with Crippen LogP contribution < -0.4 is 0 Å². The van der Waals surface area contributed by atoms with Crippen LogP contribution in [0.25, 0.3) is 138 Å². The smallest absolute Gasteiger partial charge is 0.160 e. The first-order valence-corrected chi connectivity index (χ1v) is 22.5. The van der Waals surface area contributed by atoms with Gasteiger partial charge in [0.05, 0.1) is 33.5 Å². The van der Waals surface area contributed by atoms with Gasteiger partial charge in [-0.05, 0) is 104 Å². The second kappa shape index (κ2) is 14.3. The van der Waals surface area contributed by atoms with Crippen LogP contribution in [-0.2, 0) is 0 Å². The number of aromatic nitrogens is 3. The van der Waals surface area contributed by atoms with Crippen molar-refractivity contribution in [3.05, 3.63) is 224 Å². The number of benzene rings is 11. The Labute approximate surface area is 379 Å². The molecule has 0 saturated heterocycles. The van der Waals surface area contributed by atoms with Gasteiger partial charge in [-0.15, -0.1) is 0 Å². The molecule has 0 unspecified atom stereocenters. The third kappa shape index (κ3) is 5.52. The summed E-state index contributed by atoms with van der Waals surface area (Å²) in [7, 11) is 0. The molecule has 66 heavy (non-hydrogen) atoms. The van der Waals surface area contributed by atoms with Gasteiger partial charge < -0.3 is 8.98 Å². The monoisotopic (exact) mass is 839 g/mol. The van der Waals surface area contributed by atoms with Crippen molar-refractivity contribution in [2.75, 3.05) is 0 Å². The highest BCUT2D eigenvalue weighted by atomic mass is 16.3. The number of hydrogen-bond acceptors (Lipinski definition) is 3. The van der Waals surface area contributed by atoms with Crippen LogP contribution in [0.15, 0.2) is 229 Å². The molecular weight excluding hydrogens is 803 g/mol. The molecule has 0 aliphatic rings. The maximum Gasteiger partial charge on any atom is 0.160 e. The molecule has 0 atom stereocenters. The van der Waals surface area contributed by atoms with Crippen LogP contribution >= 0.6 is 0 Å². The maximum absolute atomic E-state index is 7.45. The lowest BCUT2D eigenvalue weighted by Crippen LogP contribution is -1.98. The minimum absolute atomic E-state index is 0.657. The van der Waals surface area contributed by atoms with E-state index in [2.05, 4.69) is 205 Å². The molecule has 0 fully saturated rings. The predicted molar refractivity (Wildman–Crippen MR) is 275 cm³/mol. The van der Waals surface area contributed by atoms with Crippen molar-refractivity contribution < 1.29 is 4.42 Å². The molecule has 0 bridgehead atoms. The van der Waals surface area contributed by atoms with E-state index >= 15 is 0 Å². The maximum atomic E-state index is 7.45. The quantitative estimate of drug-likeness (QED) is 0.124. The number of fused-ring (bicyclic) bond motifs is 7. The van der Waals surface area contributed by atoms with Crippen LogP contribution in [0.1, 0.15) is 0 Å². The summed E-state index contributed by atoms with van der Waals surface area (Å²) in [4.78, 5) is 10.5. The molecule has 0 spiro atoms. The van der Waals surface area contributed by atoms with Gasteiger partial charge >= 0.3 is 0 Å². The zero-order valence-corrected chi connectivity index (χ0v) is 35.6. The third-order valence-electron chi connectivity index (χ3n) is 13.5. The van der Waals surface area contributed by atoms with Gasteiger partial charge in [0, 0.05) is 38.4 Å². The van der Waals surface area contributed by atoms with E-state index in [0.29, 0.717) is 5.82 Å². The lowest BCUT2D eigenvalue weighted by Gasteiger charge is -2.13. The van der Waals surface area contributed by atoms with Crippen LogP contribution in [-0.4, -0.2) is 14.5 Å². The average Bonchev–Trinajstić information content (AvgIpc) is 3.95. The highest BCUT2D eigenvalue weighted by Gasteiger charge is 2.26. The zero-order chi connectivity index (χ0) is 43.3. The van der Waals surface area contributed by atoms with Crippen LogP contribution in [0.5, 0.6) is 0 Å². The highest BCUT2D eigenvalue weighted by molar-refractivity contribution is 6.36. The SMILES string of the molecule is c1ccc(-c2cc(-c3ccccc3)c3oc4c(-c5cc(-c6ccccc6)nc(-c6ccccc6)n5)ccc(-n5c6cccc7c8cc9ccccc9cc8c8cccc5c8c76)c4c3c2)cc1. The molecule has 0 saturated carbocycles. The van der Waals surface area contributed by atoms with E-state index in [9.17, 15) is 0 Å². The van der Waals surface area contributed by atoms with E-state index < -0.39 is 0 Å². The molecule has 0 radical (unpaired) electrons. The van der Waals surface area contributed by atoms with E-state index in [1.165, 1.54) is 43.1 Å². The van der Waals surface area contributed by atoms with Crippen LogP contribution in [0, 0.1) is 0 Å². The first-order chi connectivity index (χ1) is 32.7. The molecular formula is C62H37N3O. The summed E-state index contributed by atoms with van der Waals surface area (Å²) >= 11 is 0. The van der Waals surface area contributed by atoms with E-state index in [4.69, 9.17) is 14.4 Å². The van der Waals surface area contributed by atoms with Crippen molar-refractivity contribution in [3.63, 3.8) is 0 Å². The molecule has 0 amide bonds. The van der Waals surface area contributed by atoms with Crippen molar-refractivity contribution in [1.82, 2.24) is 14.5 Å². The lowest BCUT2D eigenvalue weighted by molar-refractivity contribution is 0.671. The largest absolute Gasteiger partial charge is 0.455 e. The second-order valence-corrected chi connectivity index (χ2v) is 17.2. The normalized spacial score (nSPS) is 11.9. The van der Waals surface area contributed by atoms with Gasteiger partial charge in [-0.2, -0.15) is 0 Å². The standard InChI is InChI=1S/C62H37N3O/c1-5-17-38(18-6-1)44-35-48(39-19-7-2-8-20-39)60-51(36-44)59-56(32-31-47(61(59)66-60)53-37-52(40-21-9-3-10-22-40)63-62(64-53)41-23-11-4-12-24-41)65-54-29-15-27-45-49-33-42-25-13-14-26-43(42)34-50(49)46-28-16-30-55(65)58(46)57(45)54/h1-37H. The minimum atomic E-state index is 0.657. The summed E-state index contributed by atoms with van der Waals surface area (Å²) < 4.78 is 9.93. The molecule has 0 N–H and O–H groups in total. The molecule has 14 aromatic rings. The van der Waals surface area contributed by atoms with Gasteiger partial charge in [0.25, 0.3) is 0 Å². The van der Waals surface area contributed by atoms with Crippen molar-refractivity contribution in [1.29, 1.82) is 0 Å². The highest BCUT2D eigenvalue weighted by Crippen LogP contribution is 2.49. The minimum Gasteiger partial charge on any atom is -0.455 e. The zero-order valence-electron chi connectivity index (χ0n) is 35.6. The Morgan fingerprint density at radius 3 is 1.48 bits per heavy atom. The molecule has 11 aromatic carbocycles. The first-order valence-electron chi connectivity index (χ1n) is 22.5. The van der Waals surface area contributed by atoms with Gasteiger partial charge in [-0.1, -0.05) is 170 Å². The van der Waals surface area contributed by atoms with Gasteiger partial charge in [0.1, 0.15) is 11.2 Å². The Balaban J connectivity index is 1.14. The Morgan fingerprint density at radius 1 is 0.318 bits per heavy atom. The summed E-state index contributed by atoms with van der Waals surface area (Å²) in [5.74, 6) is 0.657. The van der Waals surface area contributed by atoms with Crippen molar-refractivity contribution >= 4 is 76.1 Å². The fourth-order valence-electron chi connectivity index (χ4n) is 10.5. The van der Waals surface area contributed by atoms with Crippen molar-refractivity contribution in [2.24, 2.45) is 0 Å². The lowest BCUT2D eigenvalue weighted by atomic mass is 9.92. The summed E-state index contributed by atoms with van der Waals surface area (Å²) in [6.45, 7) is 0. The van der Waals surface area contributed by atoms with Crippen LogP contribution in [0.4, 0.5) is 0 Å².